The molecule has 0 bridgehead atoms. The van der Waals surface area contributed by atoms with E-state index in [2.05, 4.69) is 6.58 Å². The summed E-state index contributed by atoms with van der Waals surface area (Å²) in [4.78, 5) is 0. The van der Waals surface area contributed by atoms with Crippen molar-refractivity contribution in [3.63, 3.8) is 0 Å². The van der Waals surface area contributed by atoms with Gasteiger partial charge in [0.25, 0.3) is 5.92 Å². The quantitative estimate of drug-likeness (QED) is 0.576. The summed E-state index contributed by atoms with van der Waals surface area (Å²) in [5.74, 6) is -1.33. The largest absolute Gasteiger partial charge is 0.254 e. The third-order valence-corrected chi connectivity index (χ3v) is 5.10. The van der Waals surface area contributed by atoms with Crippen LogP contribution in [0.15, 0.2) is 12.7 Å². The molecule has 2 fully saturated rings. The predicted octanol–water partition coefficient (Wildman–Crippen LogP) is 5.58. The Hall–Kier alpha value is -0.400. The van der Waals surface area contributed by atoms with Gasteiger partial charge >= 0.3 is 0 Å². The van der Waals surface area contributed by atoms with Crippen LogP contribution in [0, 0.1) is 17.8 Å². The van der Waals surface area contributed by atoms with E-state index >= 15 is 0 Å². The molecule has 0 aliphatic heterocycles. The average Bonchev–Trinajstić information content (AvgIpc) is 2.40. The number of hydrogen-bond donors (Lipinski definition) is 0. The van der Waals surface area contributed by atoms with E-state index in [0.717, 1.165) is 37.5 Å². The highest BCUT2D eigenvalue weighted by Crippen LogP contribution is 2.45. The van der Waals surface area contributed by atoms with E-state index in [9.17, 15) is 8.78 Å². The molecule has 0 aromatic carbocycles. The Morgan fingerprint density at radius 3 is 2.00 bits per heavy atom. The summed E-state index contributed by atoms with van der Waals surface area (Å²) >= 11 is 0. The van der Waals surface area contributed by atoms with Crippen molar-refractivity contribution in [2.24, 2.45) is 17.8 Å². The van der Waals surface area contributed by atoms with Crippen molar-refractivity contribution in [2.75, 3.05) is 0 Å². The zero-order valence-electron chi connectivity index (χ0n) is 11.3. The lowest BCUT2D eigenvalue weighted by Gasteiger charge is -2.38. The first kappa shape index (κ1) is 14.0. The van der Waals surface area contributed by atoms with Gasteiger partial charge in [-0.3, -0.25) is 0 Å². The van der Waals surface area contributed by atoms with Gasteiger partial charge < -0.3 is 0 Å². The fourth-order valence-electron chi connectivity index (χ4n) is 3.98. The second kappa shape index (κ2) is 6.16. The van der Waals surface area contributed by atoms with Crippen LogP contribution in [0.4, 0.5) is 8.78 Å². The van der Waals surface area contributed by atoms with Gasteiger partial charge in [0.15, 0.2) is 0 Å². The Kier molecular flexibility index (Phi) is 4.80. The number of alkyl halides is 2. The van der Waals surface area contributed by atoms with E-state index < -0.39 is 11.8 Å². The molecule has 2 heteroatoms. The Balaban J connectivity index is 1.81. The van der Waals surface area contributed by atoms with Gasteiger partial charge in [-0.2, -0.15) is 0 Å². The van der Waals surface area contributed by atoms with E-state index in [1.165, 1.54) is 38.2 Å². The normalized spacial score (nSPS) is 31.2. The maximum Gasteiger partial charge on any atom is 0.254 e. The fourth-order valence-corrected chi connectivity index (χ4v) is 3.98. The molecule has 18 heavy (non-hydrogen) atoms. The molecule has 2 saturated carbocycles. The molecule has 104 valence electrons. The van der Waals surface area contributed by atoms with Crippen molar-refractivity contribution < 1.29 is 8.78 Å². The molecule has 0 heterocycles. The zero-order valence-corrected chi connectivity index (χ0v) is 11.3. The summed E-state index contributed by atoms with van der Waals surface area (Å²) in [6.45, 7) is 3.45. The van der Waals surface area contributed by atoms with Crippen molar-refractivity contribution in [3.05, 3.63) is 12.7 Å². The minimum atomic E-state index is -2.51. The summed E-state index contributed by atoms with van der Waals surface area (Å²) < 4.78 is 27.6. The van der Waals surface area contributed by atoms with Gasteiger partial charge in [0.2, 0.25) is 0 Å². The monoisotopic (exact) mass is 256 g/mol. The summed E-state index contributed by atoms with van der Waals surface area (Å²) in [6, 6.07) is 0. The first-order chi connectivity index (χ1) is 8.63. The van der Waals surface area contributed by atoms with E-state index in [0.29, 0.717) is 0 Å². The van der Waals surface area contributed by atoms with Crippen LogP contribution in [0.2, 0.25) is 0 Å². The average molecular weight is 256 g/mol. The molecule has 0 N–H and O–H groups in total. The first-order valence-corrected chi connectivity index (χ1v) is 7.62. The molecule has 0 atom stereocenters. The molecule has 0 aromatic rings. The second-order valence-electron chi connectivity index (χ2n) is 6.26. The molecule has 0 radical (unpaired) electrons. The minimum Gasteiger partial charge on any atom is -0.206 e. The van der Waals surface area contributed by atoms with Gasteiger partial charge in [-0.1, -0.05) is 38.2 Å². The zero-order chi connectivity index (χ0) is 13.0. The summed E-state index contributed by atoms with van der Waals surface area (Å²) in [5.41, 5.74) is 0. The highest BCUT2D eigenvalue weighted by molar-refractivity contribution is 4.89. The molecule has 2 aliphatic carbocycles. The van der Waals surface area contributed by atoms with Crippen molar-refractivity contribution in [1.29, 1.82) is 0 Å². The van der Waals surface area contributed by atoms with Crippen LogP contribution in [0.25, 0.3) is 0 Å². The van der Waals surface area contributed by atoms with Gasteiger partial charge in [0.05, 0.1) is 0 Å². The Bertz CT molecular complexity index is 258. The van der Waals surface area contributed by atoms with E-state index in [1.807, 2.05) is 0 Å². The second-order valence-corrected chi connectivity index (χ2v) is 6.26. The van der Waals surface area contributed by atoms with E-state index in [4.69, 9.17) is 0 Å². The topological polar surface area (TPSA) is 0 Å². The SMILES string of the molecule is C=CCC(F)(F)C1CCC(C2CCCCC2)CC1. The Labute approximate surface area is 110 Å². The Morgan fingerprint density at radius 1 is 0.889 bits per heavy atom. The fraction of sp³-hybridized carbons (Fsp3) is 0.875. The van der Waals surface area contributed by atoms with Gasteiger partial charge in [0, 0.05) is 12.3 Å². The van der Waals surface area contributed by atoms with E-state index in [1.54, 1.807) is 0 Å². The standard InChI is InChI=1S/C16H26F2/c1-2-12-16(17,18)15-10-8-14(9-11-15)13-6-4-3-5-7-13/h2,13-15H,1,3-12H2. The van der Waals surface area contributed by atoms with Crippen LogP contribution in [-0.2, 0) is 0 Å². The minimum absolute atomic E-state index is 0.147. The molecule has 0 unspecified atom stereocenters. The van der Waals surface area contributed by atoms with Crippen LogP contribution in [0.1, 0.15) is 64.2 Å². The van der Waals surface area contributed by atoms with Crippen LogP contribution in [0.5, 0.6) is 0 Å². The molecule has 0 spiro atoms. The van der Waals surface area contributed by atoms with Crippen LogP contribution in [-0.4, -0.2) is 5.92 Å². The third kappa shape index (κ3) is 3.33. The summed E-state index contributed by atoms with van der Waals surface area (Å²) in [6.07, 6.45) is 11.5. The number of allylic oxidation sites excluding steroid dienone is 1. The number of halogens is 2. The van der Waals surface area contributed by atoms with Crippen molar-refractivity contribution in [1.82, 2.24) is 0 Å². The summed E-state index contributed by atoms with van der Waals surface area (Å²) in [7, 11) is 0. The smallest absolute Gasteiger partial charge is 0.206 e. The third-order valence-electron chi connectivity index (χ3n) is 5.10. The molecule has 0 nitrogen and oxygen atoms in total. The molecule has 0 aromatic heterocycles. The molecule has 2 aliphatic rings. The van der Waals surface area contributed by atoms with Crippen LogP contribution >= 0.6 is 0 Å². The lowest BCUT2D eigenvalue weighted by Crippen LogP contribution is -2.33. The van der Waals surface area contributed by atoms with Gasteiger partial charge in [-0.05, 0) is 37.5 Å². The summed E-state index contributed by atoms with van der Waals surface area (Å²) in [5, 5.41) is 0. The highest BCUT2D eigenvalue weighted by Gasteiger charge is 2.41. The van der Waals surface area contributed by atoms with Gasteiger partial charge in [-0.15, -0.1) is 6.58 Å². The first-order valence-electron chi connectivity index (χ1n) is 7.62. The lowest BCUT2D eigenvalue weighted by molar-refractivity contribution is -0.0752. The van der Waals surface area contributed by atoms with Gasteiger partial charge in [-0.25, -0.2) is 8.78 Å². The van der Waals surface area contributed by atoms with E-state index in [-0.39, 0.29) is 6.42 Å². The van der Waals surface area contributed by atoms with Crippen LogP contribution < -0.4 is 0 Å². The number of hydrogen-bond acceptors (Lipinski definition) is 0. The van der Waals surface area contributed by atoms with Crippen molar-refractivity contribution in [2.45, 2.75) is 70.1 Å². The van der Waals surface area contributed by atoms with Gasteiger partial charge in [0.1, 0.15) is 0 Å². The van der Waals surface area contributed by atoms with Crippen molar-refractivity contribution >= 4 is 0 Å². The molecular formula is C16H26F2. The lowest BCUT2D eigenvalue weighted by atomic mass is 9.69. The predicted molar refractivity (Wildman–Crippen MR) is 71.8 cm³/mol. The molecule has 0 amide bonds. The van der Waals surface area contributed by atoms with Crippen LogP contribution in [0.3, 0.4) is 0 Å². The molecular weight excluding hydrogens is 230 g/mol. The molecule has 2 rings (SSSR count). The highest BCUT2D eigenvalue weighted by atomic mass is 19.3. The maximum atomic E-state index is 13.8. The maximum absolute atomic E-state index is 13.8. The number of rotatable bonds is 4. The Morgan fingerprint density at radius 2 is 1.44 bits per heavy atom. The van der Waals surface area contributed by atoms with Crippen molar-refractivity contribution in [3.8, 4) is 0 Å². The molecule has 0 saturated heterocycles.